The first-order valence-electron chi connectivity index (χ1n) is 6.38. The molecule has 0 aromatic carbocycles. The molecular formula is C15H13N3O2S. The van der Waals surface area contributed by atoms with E-state index in [1.54, 1.807) is 12.3 Å². The van der Waals surface area contributed by atoms with E-state index in [0.717, 1.165) is 17.0 Å². The lowest BCUT2D eigenvalue weighted by molar-refractivity contribution is 0.0606. The van der Waals surface area contributed by atoms with Crippen molar-refractivity contribution in [3.63, 3.8) is 0 Å². The van der Waals surface area contributed by atoms with Crippen LogP contribution in [0.1, 0.15) is 20.9 Å². The number of carbonyl (C=O) groups excluding carboxylic acids is 1. The number of pyridine rings is 1. The highest BCUT2D eigenvalue weighted by Gasteiger charge is 2.10. The number of esters is 1. The molecule has 3 aromatic rings. The highest BCUT2D eigenvalue weighted by molar-refractivity contribution is 7.17. The fraction of sp³-hybridized carbons (Fsp3) is 0.133. The van der Waals surface area contributed by atoms with E-state index in [-0.39, 0.29) is 5.97 Å². The van der Waals surface area contributed by atoms with Gasteiger partial charge in [-0.2, -0.15) is 5.10 Å². The third-order valence-corrected chi connectivity index (χ3v) is 4.12. The molecule has 0 spiro atoms. The first-order valence-corrected chi connectivity index (χ1v) is 7.19. The average molecular weight is 299 g/mol. The van der Waals surface area contributed by atoms with Crippen LogP contribution in [0, 0.1) is 0 Å². The molecule has 1 N–H and O–H groups in total. The Hall–Kier alpha value is -2.47. The van der Waals surface area contributed by atoms with Crippen molar-refractivity contribution >= 4 is 17.3 Å². The van der Waals surface area contributed by atoms with Crippen LogP contribution < -0.4 is 0 Å². The Kier molecular flexibility index (Phi) is 3.79. The topological polar surface area (TPSA) is 67.9 Å². The summed E-state index contributed by atoms with van der Waals surface area (Å²) in [6.07, 6.45) is 4.64. The number of aromatic amines is 1. The van der Waals surface area contributed by atoms with Crippen molar-refractivity contribution in [3.8, 4) is 10.6 Å². The third-order valence-electron chi connectivity index (χ3n) is 3.02. The smallest absolute Gasteiger partial charge is 0.348 e. The van der Waals surface area contributed by atoms with Crippen LogP contribution >= 0.6 is 11.3 Å². The molecule has 5 nitrogen and oxygen atoms in total. The minimum absolute atomic E-state index is 0.305. The second-order valence-electron chi connectivity index (χ2n) is 4.46. The van der Waals surface area contributed by atoms with Gasteiger partial charge in [0.2, 0.25) is 0 Å². The molecule has 0 atom stereocenters. The summed E-state index contributed by atoms with van der Waals surface area (Å²) in [6, 6.07) is 9.62. The van der Waals surface area contributed by atoms with E-state index in [2.05, 4.69) is 26.0 Å². The molecule has 1 aliphatic carbocycles. The molecule has 4 heterocycles. The maximum Gasteiger partial charge on any atom is 0.348 e. The van der Waals surface area contributed by atoms with Crippen LogP contribution in [0.5, 0.6) is 0 Å². The third kappa shape index (κ3) is 3.00. The summed E-state index contributed by atoms with van der Waals surface area (Å²) >= 11 is 1.38. The van der Waals surface area contributed by atoms with E-state index in [9.17, 15) is 4.79 Å². The number of H-pyrrole nitrogens is 1. The van der Waals surface area contributed by atoms with Gasteiger partial charge in [-0.15, -0.1) is 11.3 Å². The molecule has 2 bridgehead atoms. The van der Waals surface area contributed by atoms with Crippen molar-refractivity contribution in [2.75, 3.05) is 7.11 Å². The average Bonchev–Trinajstić information content (AvgIpc) is 3.18. The number of methoxy groups -OCH3 is 1. The standard InChI is InChI=1S/C9H8N2O2S.C6H5N/c1-13-9(12)8-3-2-7(14-8)6-4-5-10-11-6;1-2-7-6-3-5(1)4-6/h2-5H,1H3,(H,10,11);1-3H,4H2. The van der Waals surface area contributed by atoms with Gasteiger partial charge in [-0.25, -0.2) is 4.79 Å². The predicted molar refractivity (Wildman–Crippen MR) is 80.3 cm³/mol. The van der Waals surface area contributed by atoms with Gasteiger partial charge in [0.05, 0.1) is 17.7 Å². The van der Waals surface area contributed by atoms with Crippen LogP contribution in [-0.2, 0) is 11.2 Å². The van der Waals surface area contributed by atoms with Gasteiger partial charge in [0.25, 0.3) is 0 Å². The van der Waals surface area contributed by atoms with Crippen molar-refractivity contribution in [1.29, 1.82) is 0 Å². The van der Waals surface area contributed by atoms with Gasteiger partial charge >= 0.3 is 5.97 Å². The lowest BCUT2D eigenvalue weighted by Crippen LogP contribution is -2.01. The number of nitrogens with one attached hydrogen (secondary N) is 1. The summed E-state index contributed by atoms with van der Waals surface area (Å²) < 4.78 is 4.61. The highest BCUT2D eigenvalue weighted by atomic mass is 32.1. The van der Waals surface area contributed by atoms with Crippen molar-refractivity contribution < 1.29 is 9.53 Å². The molecule has 0 radical (unpaired) electrons. The Labute approximate surface area is 125 Å². The van der Waals surface area contributed by atoms with E-state index in [0.29, 0.717) is 4.88 Å². The number of thiophene rings is 1. The zero-order valence-corrected chi connectivity index (χ0v) is 12.2. The summed E-state index contributed by atoms with van der Waals surface area (Å²) in [6.45, 7) is 0. The van der Waals surface area contributed by atoms with E-state index in [4.69, 9.17) is 0 Å². The van der Waals surface area contributed by atoms with Crippen LogP contribution in [0.4, 0.5) is 0 Å². The van der Waals surface area contributed by atoms with Crippen molar-refractivity contribution in [3.05, 3.63) is 58.9 Å². The van der Waals surface area contributed by atoms with Gasteiger partial charge in [0.15, 0.2) is 0 Å². The molecule has 5 rings (SSSR count). The molecule has 6 heteroatoms. The second kappa shape index (κ2) is 5.88. The van der Waals surface area contributed by atoms with Gasteiger partial charge in [-0.1, -0.05) is 0 Å². The normalized spacial score (nSPS) is 11.1. The summed E-state index contributed by atoms with van der Waals surface area (Å²) in [5.74, 6) is -0.305. The van der Waals surface area contributed by atoms with E-state index < -0.39 is 0 Å². The zero-order chi connectivity index (χ0) is 14.7. The molecule has 0 fully saturated rings. The molecular weight excluding hydrogens is 286 g/mol. The fourth-order valence-corrected chi connectivity index (χ4v) is 2.80. The first-order chi connectivity index (χ1) is 10.3. The molecule has 0 saturated heterocycles. The molecule has 21 heavy (non-hydrogen) atoms. The van der Waals surface area contributed by atoms with Gasteiger partial charge in [-0.05, 0) is 35.9 Å². The Bertz CT molecular complexity index is 725. The summed E-state index contributed by atoms with van der Waals surface area (Å²) in [7, 11) is 1.37. The van der Waals surface area contributed by atoms with Gasteiger partial charge in [0, 0.05) is 24.5 Å². The predicted octanol–water partition coefficient (Wildman–Crippen LogP) is 2.91. The fourth-order valence-electron chi connectivity index (χ4n) is 1.90. The van der Waals surface area contributed by atoms with E-state index >= 15 is 0 Å². The number of hydrogen-bond acceptors (Lipinski definition) is 5. The number of rotatable bonds is 2. The molecule has 0 unspecified atom stereocenters. The maximum atomic E-state index is 11.2. The SMILES string of the molecule is COC(=O)c1ccc(-c2ccn[nH]2)s1.c1cc2cc(n1)C2. The van der Waals surface area contributed by atoms with Crippen LogP contribution in [0.25, 0.3) is 10.6 Å². The molecule has 2 aliphatic rings. The highest BCUT2D eigenvalue weighted by Crippen LogP contribution is 2.26. The minimum atomic E-state index is -0.305. The van der Waals surface area contributed by atoms with Crippen LogP contribution in [0.2, 0.25) is 0 Å². The van der Waals surface area contributed by atoms with E-state index in [1.807, 2.05) is 24.4 Å². The minimum Gasteiger partial charge on any atom is -0.465 e. The van der Waals surface area contributed by atoms with Crippen LogP contribution in [0.3, 0.4) is 0 Å². The Balaban J connectivity index is 0.000000156. The number of fused-ring (bicyclic) bond motifs is 2. The zero-order valence-electron chi connectivity index (χ0n) is 11.4. The van der Waals surface area contributed by atoms with Crippen molar-refractivity contribution in [2.45, 2.75) is 6.42 Å². The molecule has 0 saturated carbocycles. The number of aromatic nitrogens is 3. The number of carbonyl (C=O) groups is 1. The lowest BCUT2D eigenvalue weighted by atomic mass is 10.0. The number of hydrogen-bond donors (Lipinski definition) is 1. The summed E-state index contributed by atoms with van der Waals surface area (Å²) in [4.78, 5) is 16.8. The van der Waals surface area contributed by atoms with E-state index in [1.165, 1.54) is 29.7 Å². The van der Waals surface area contributed by atoms with Crippen LogP contribution in [-0.4, -0.2) is 28.3 Å². The summed E-state index contributed by atoms with van der Waals surface area (Å²) in [5, 5.41) is 6.67. The quantitative estimate of drug-likeness (QED) is 0.578. The number of nitrogens with zero attached hydrogens (tertiary/aromatic N) is 2. The number of ether oxygens (including phenoxy) is 1. The van der Waals surface area contributed by atoms with Crippen molar-refractivity contribution in [2.24, 2.45) is 0 Å². The maximum absolute atomic E-state index is 11.2. The first kappa shape index (κ1) is 13.5. The van der Waals surface area contributed by atoms with Crippen LogP contribution in [0.15, 0.2) is 42.7 Å². The Morgan fingerprint density at radius 2 is 2.14 bits per heavy atom. The van der Waals surface area contributed by atoms with Gasteiger partial charge < -0.3 is 4.74 Å². The van der Waals surface area contributed by atoms with Crippen molar-refractivity contribution in [1.82, 2.24) is 15.2 Å². The van der Waals surface area contributed by atoms with Gasteiger partial charge in [-0.3, -0.25) is 10.1 Å². The monoisotopic (exact) mass is 299 g/mol. The largest absolute Gasteiger partial charge is 0.465 e. The molecule has 106 valence electrons. The lowest BCUT2D eigenvalue weighted by Gasteiger charge is -2.10. The molecule has 3 aromatic heterocycles. The molecule has 0 amide bonds. The molecule has 1 aliphatic heterocycles. The second-order valence-corrected chi connectivity index (χ2v) is 5.54. The van der Waals surface area contributed by atoms with Gasteiger partial charge in [0.1, 0.15) is 4.88 Å². The summed E-state index contributed by atoms with van der Waals surface area (Å²) in [5.41, 5.74) is 3.56. The Morgan fingerprint density at radius 3 is 2.62 bits per heavy atom. The Morgan fingerprint density at radius 1 is 1.29 bits per heavy atom.